The van der Waals surface area contributed by atoms with Crippen LogP contribution >= 0.6 is 0 Å². The lowest BCUT2D eigenvalue weighted by atomic mass is 10.0. The number of sulfonamides is 1. The predicted octanol–water partition coefficient (Wildman–Crippen LogP) is 5.27. The third kappa shape index (κ3) is 7.56. The van der Waals surface area contributed by atoms with Crippen molar-refractivity contribution >= 4 is 21.6 Å². The number of allylic oxidation sites excluding steroid dienone is 1. The number of aryl methyl sites for hydroxylation is 1. The Bertz CT molecular complexity index is 1370. The quantitative estimate of drug-likeness (QED) is 0.303. The van der Waals surface area contributed by atoms with Crippen LogP contribution in [0.5, 0.6) is 0 Å². The second kappa shape index (κ2) is 11.8. The summed E-state index contributed by atoms with van der Waals surface area (Å²) in [6.07, 6.45) is 5.32. The van der Waals surface area contributed by atoms with Gasteiger partial charge in [0.25, 0.3) is 0 Å². The van der Waals surface area contributed by atoms with Crippen molar-refractivity contribution < 1.29 is 22.1 Å². The lowest BCUT2D eigenvalue weighted by molar-refractivity contribution is -0.118. The number of carbonyl (C=O) groups excluding carboxylic acids is 1. The summed E-state index contributed by atoms with van der Waals surface area (Å²) < 4.78 is 42.2. The van der Waals surface area contributed by atoms with Crippen molar-refractivity contribution in [1.82, 2.24) is 10.1 Å². The van der Waals surface area contributed by atoms with E-state index < -0.39 is 15.9 Å². The average molecular weight is 527 g/mol. The summed E-state index contributed by atoms with van der Waals surface area (Å²) in [7, 11) is -3.85. The molecule has 0 radical (unpaired) electrons. The summed E-state index contributed by atoms with van der Waals surface area (Å²) in [5, 5.41) is 9.32. The number of primary sulfonamides is 1. The summed E-state index contributed by atoms with van der Waals surface area (Å²) >= 11 is 0. The highest BCUT2D eigenvalue weighted by Crippen LogP contribution is 2.38. The largest absolute Gasteiger partial charge is 0.339 e. The fourth-order valence-electron chi connectivity index (χ4n) is 4.08. The number of benzene rings is 2. The first-order chi connectivity index (χ1) is 17.7. The number of aromatic nitrogens is 2. The van der Waals surface area contributed by atoms with Gasteiger partial charge in [-0.3, -0.25) is 4.79 Å². The number of amides is 1. The summed E-state index contributed by atoms with van der Waals surface area (Å²) in [6, 6.07) is 13.6. The van der Waals surface area contributed by atoms with Crippen molar-refractivity contribution in [1.29, 1.82) is 0 Å². The zero-order valence-corrected chi connectivity index (χ0v) is 21.4. The molecule has 0 atom stereocenters. The maximum Gasteiger partial charge on any atom is 0.238 e. The minimum atomic E-state index is -3.85. The first-order valence-electron chi connectivity index (χ1n) is 12.4. The molecule has 10 heteroatoms. The molecule has 1 heterocycles. The third-order valence-corrected chi connectivity index (χ3v) is 7.17. The van der Waals surface area contributed by atoms with Crippen LogP contribution in [0.2, 0.25) is 0 Å². The van der Waals surface area contributed by atoms with E-state index in [4.69, 9.17) is 9.66 Å². The van der Waals surface area contributed by atoms with Gasteiger partial charge in [-0.05, 0) is 61.1 Å². The van der Waals surface area contributed by atoms with Crippen molar-refractivity contribution in [3.63, 3.8) is 0 Å². The van der Waals surface area contributed by atoms with Crippen LogP contribution in [-0.2, 0) is 21.2 Å². The summed E-state index contributed by atoms with van der Waals surface area (Å²) in [5.74, 6) is 1.16. The molecule has 8 nitrogen and oxygen atoms in total. The maximum atomic E-state index is 13.3. The third-order valence-electron chi connectivity index (χ3n) is 6.26. The molecule has 1 aliphatic carbocycles. The van der Waals surface area contributed by atoms with Gasteiger partial charge in [-0.15, -0.1) is 0 Å². The molecule has 37 heavy (non-hydrogen) atoms. The van der Waals surface area contributed by atoms with Crippen molar-refractivity contribution in [2.24, 2.45) is 5.14 Å². The van der Waals surface area contributed by atoms with Gasteiger partial charge in [0.05, 0.1) is 10.7 Å². The number of carbonyl (C=O) groups is 1. The van der Waals surface area contributed by atoms with Gasteiger partial charge in [-0.1, -0.05) is 42.4 Å². The monoisotopic (exact) mass is 526 g/mol. The Hall–Kier alpha value is -3.37. The molecule has 1 aromatic heterocycles. The van der Waals surface area contributed by atoms with E-state index >= 15 is 0 Å². The molecule has 0 aliphatic heterocycles. The number of anilines is 1. The van der Waals surface area contributed by atoms with Crippen LogP contribution in [0.15, 0.2) is 70.4 Å². The number of hydrogen-bond donors (Lipinski definition) is 1. The molecule has 0 spiro atoms. The molecule has 3 aromatic rings. The minimum Gasteiger partial charge on any atom is -0.339 e. The van der Waals surface area contributed by atoms with Gasteiger partial charge in [-0.2, -0.15) is 4.98 Å². The van der Waals surface area contributed by atoms with E-state index in [0.29, 0.717) is 36.0 Å². The molecule has 0 bridgehead atoms. The van der Waals surface area contributed by atoms with E-state index in [1.165, 1.54) is 12.1 Å². The highest BCUT2D eigenvalue weighted by atomic mass is 32.2. The Kier molecular flexibility index (Phi) is 8.50. The van der Waals surface area contributed by atoms with Gasteiger partial charge in [0.1, 0.15) is 0 Å². The Morgan fingerprint density at radius 3 is 2.51 bits per heavy atom. The van der Waals surface area contributed by atoms with Gasteiger partial charge in [0, 0.05) is 37.4 Å². The Labute approximate surface area is 216 Å². The zero-order valence-electron chi connectivity index (χ0n) is 20.6. The van der Waals surface area contributed by atoms with Crippen LogP contribution in [0.1, 0.15) is 62.6 Å². The van der Waals surface area contributed by atoms with E-state index in [1.54, 1.807) is 23.1 Å². The molecule has 1 amide bonds. The van der Waals surface area contributed by atoms with Crippen molar-refractivity contribution in [3.8, 4) is 11.1 Å². The first-order valence-corrected chi connectivity index (χ1v) is 13.9. The number of unbranched alkanes of at least 4 members (excludes halogenated alkanes) is 2. The van der Waals surface area contributed by atoms with Gasteiger partial charge in [0.2, 0.25) is 21.8 Å². The lowest BCUT2D eigenvalue weighted by Gasteiger charge is -2.24. The van der Waals surface area contributed by atoms with Crippen LogP contribution in [0.3, 0.4) is 0 Å². The molecule has 0 unspecified atom stereocenters. The van der Waals surface area contributed by atoms with Gasteiger partial charge in [0.15, 0.2) is 5.82 Å². The van der Waals surface area contributed by atoms with E-state index in [-0.39, 0.29) is 23.6 Å². The molecule has 0 saturated heterocycles. The molecule has 1 aliphatic rings. The summed E-state index contributed by atoms with van der Waals surface area (Å²) in [4.78, 5) is 19.1. The molecule has 1 saturated carbocycles. The Balaban J connectivity index is 1.43. The normalized spacial score (nSPS) is 13.5. The molecular formula is C27H31FN4O4S. The Morgan fingerprint density at radius 1 is 1.08 bits per heavy atom. The number of nitrogens with zero attached hydrogens (tertiary/aromatic N) is 3. The topological polar surface area (TPSA) is 119 Å². The predicted molar refractivity (Wildman–Crippen MR) is 139 cm³/mol. The first kappa shape index (κ1) is 26.7. The lowest BCUT2D eigenvalue weighted by Crippen LogP contribution is -2.31. The van der Waals surface area contributed by atoms with E-state index in [1.807, 2.05) is 18.2 Å². The highest BCUT2D eigenvalue weighted by molar-refractivity contribution is 7.89. The standard InChI is InChI=1S/C27H31FN4O4S/c1-19(28)12-15-26(33)32(16-4-2-3-11-25-30-27(31-36-25)20-13-14-20)23-9-5-7-21(17-23)22-8-6-10-24(18-22)37(29,34)35/h5-10,17-18,20H,1-4,11-16H2,(H2,29,34,35). The van der Waals surface area contributed by atoms with Crippen LogP contribution in [-0.4, -0.2) is 31.0 Å². The van der Waals surface area contributed by atoms with Gasteiger partial charge >= 0.3 is 0 Å². The number of rotatable bonds is 13. The van der Waals surface area contributed by atoms with Crippen LogP contribution in [0.4, 0.5) is 10.1 Å². The smallest absolute Gasteiger partial charge is 0.238 e. The highest BCUT2D eigenvalue weighted by Gasteiger charge is 2.28. The minimum absolute atomic E-state index is 0.00634. The molecule has 196 valence electrons. The van der Waals surface area contributed by atoms with E-state index in [9.17, 15) is 17.6 Å². The Morgan fingerprint density at radius 2 is 1.81 bits per heavy atom. The molecule has 4 rings (SSSR count). The van der Waals surface area contributed by atoms with Crippen molar-refractivity contribution in [3.05, 3.63) is 72.7 Å². The fourth-order valence-corrected chi connectivity index (χ4v) is 4.64. The maximum absolute atomic E-state index is 13.3. The van der Waals surface area contributed by atoms with Crippen LogP contribution in [0.25, 0.3) is 11.1 Å². The van der Waals surface area contributed by atoms with Crippen LogP contribution in [0, 0.1) is 0 Å². The molecule has 2 N–H and O–H groups in total. The zero-order chi connectivity index (χ0) is 26.4. The van der Waals surface area contributed by atoms with Gasteiger partial charge in [-0.25, -0.2) is 17.9 Å². The summed E-state index contributed by atoms with van der Waals surface area (Å²) in [6.45, 7) is 3.71. The molecule has 1 fully saturated rings. The van der Waals surface area contributed by atoms with Crippen molar-refractivity contribution in [2.45, 2.75) is 62.2 Å². The SMILES string of the molecule is C=C(F)CCC(=O)N(CCCCCc1nc(C2CC2)no1)c1cccc(-c2cccc(S(N)(=O)=O)c2)c1. The van der Waals surface area contributed by atoms with Crippen LogP contribution < -0.4 is 10.0 Å². The van der Waals surface area contributed by atoms with Crippen molar-refractivity contribution in [2.75, 3.05) is 11.4 Å². The van der Waals surface area contributed by atoms with E-state index in [0.717, 1.165) is 43.5 Å². The number of hydrogen-bond acceptors (Lipinski definition) is 6. The molecular weight excluding hydrogens is 495 g/mol. The summed E-state index contributed by atoms with van der Waals surface area (Å²) in [5.41, 5.74) is 2.04. The second-order valence-corrected chi connectivity index (χ2v) is 10.9. The average Bonchev–Trinajstić information content (AvgIpc) is 3.62. The number of halogens is 1. The number of nitrogens with two attached hydrogens (primary N) is 1. The van der Waals surface area contributed by atoms with Gasteiger partial charge < -0.3 is 9.42 Å². The molecule has 2 aromatic carbocycles. The van der Waals surface area contributed by atoms with E-state index in [2.05, 4.69) is 16.7 Å². The second-order valence-electron chi connectivity index (χ2n) is 9.32. The fraction of sp³-hybridized carbons (Fsp3) is 0.370.